The molecule has 2 heterocycles. The number of halogens is 1. The van der Waals surface area contributed by atoms with Crippen LogP contribution in [0.1, 0.15) is 36.5 Å². The number of nitrogens with one attached hydrogen (secondary N) is 2. The van der Waals surface area contributed by atoms with E-state index in [1.165, 1.54) is 4.88 Å². The molecule has 28 heavy (non-hydrogen) atoms. The van der Waals surface area contributed by atoms with Gasteiger partial charge in [0, 0.05) is 23.4 Å². The molecule has 3 rings (SSSR count). The maximum Gasteiger partial charge on any atom is 0.257 e. The van der Waals surface area contributed by atoms with Gasteiger partial charge in [-0.3, -0.25) is 0 Å². The molecule has 0 fully saturated rings. The zero-order valence-electron chi connectivity index (χ0n) is 16.1. The topological polar surface area (TPSA) is 75.3 Å². The summed E-state index contributed by atoms with van der Waals surface area (Å²) in [5.74, 6) is 2.12. The summed E-state index contributed by atoms with van der Waals surface area (Å²) in [7, 11) is 0. The van der Waals surface area contributed by atoms with Gasteiger partial charge in [0.2, 0.25) is 0 Å². The Balaban J connectivity index is 0.00000280. The minimum Gasteiger partial charge on any atom is -0.357 e. The molecule has 150 valence electrons. The first-order valence-electron chi connectivity index (χ1n) is 9.25. The Hall–Kier alpha value is -1.94. The molecule has 0 unspecified atom stereocenters. The molecule has 0 radical (unpaired) electrons. The van der Waals surface area contributed by atoms with Gasteiger partial charge in [-0.25, -0.2) is 4.99 Å². The molecule has 3 aromatic rings. The SMILES string of the molecule is CCCc1noc(-c2cccc(CN=C(NCC)NCc3cccs3)c2)n1.I. The summed E-state index contributed by atoms with van der Waals surface area (Å²) in [6, 6.07) is 12.3. The van der Waals surface area contributed by atoms with E-state index in [0.717, 1.165) is 48.8 Å². The first kappa shape index (κ1) is 22.4. The molecule has 1 aromatic carbocycles. The minimum absolute atomic E-state index is 0. The molecule has 0 bridgehead atoms. The first-order chi connectivity index (χ1) is 13.3. The van der Waals surface area contributed by atoms with Gasteiger partial charge in [-0.1, -0.05) is 30.3 Å². The lowest BCUT2D eigenvalue weighted by Crippen LogP contribution is -2.36. The zero-order chi connectivity index (χ0) is 18.9. The highest BCUT2D eigenvalue weighted by atomic mass is 127. The summed E-state index contributed by atoms with van der Waals surface area (Å²) in [6.45, 7) is 6.32. The summed E-state index contributed by atoms with van der Waals surface area (Å²) in [4.78, 5) is 10.4. The second-order valence-electron chi connectivity index (χ2n) is 6.09. The summed E-state index contributed by atoms with van der Waals surface area (Å²) in [5.41, 5.74) is 2.02. The number of thiophene rings is 1. The van der Waals surface area contributed by atoms with Crippen LogP contribution in [0, 0.1) is 0 Å². The number of hydrogen-bond acceptors (Lipinski definition) is 5. The van der Waals surface area contributed by atoms with Gasteiger partial charge in [0.05, 0.1) is 13.1 Å². The Labute approximate surface area is 186 Å². The highest BCUT2D eigenvalue weighted by Gasteiger charge is 2.09. The summed E-state index contributed by atoms with van der Waals surface area (Å²) in [5, 5.41) is 12.8. The summed E-state index contributed by atoms with van der Waals surface area (Å²) >= 11 is 1.73. The molecule has 8 heteroatoms. The Morgan fingerprint density at radius 1 is 1.18 bits per heavy atom. The quantitative estimate of drug-likeness (QED) is 0.262. The van der Waals surface area contributed by atoms with Crippen LogP contribution < -0.4 is 10.6 Å². The van der Waals surface area contributed by atoms with Crippen molar-refractivity contribution < 1.29 is 4.52 Å². The molecule has 2 aromatic heterocycles. The van der Waals surface area contributed by atoms with E-state index in [1.807, 2.05) is 12.1 Å². The van der Waals surface area contributed by atoms with Gasteiger partial charge >= 0.3 is 0 Å². The Morgan fingerprint density at radius 3 is 2.82 bits per heavy atom. The largest absolute Gasteiger partial charge is 0.357 e. The average molecular weight is 511 g/mol. The molecule has 0 atom stereocenters. The van der Waals surface area contributed by atoms with E-state index in [-0.39, 0.29) is 24.0 Å². The minimum atomic E-state index is 0. The number of guanidine groups is 1. The van der Waals surface area contributed by atoms with Crippen molar-refractivity contribution in [2.24, 2.45) is 4.99 Å². The first-order valence-corrected chi connectivity index (χ1v) is 10.1. The smallest absolute Gasteiger partial charge is 0.257 e. The number of aliphatic imine (C=N–C) groups is 1. The van der Waals surface area contributed by atoms with E-state index in [9.17, 15) is 0 Å². The van der Waals surface area contributed by atoms with Crippen LogP contribution in [0.3, 0.4) is 0 Å². The van der Waals surface area contributed by atoms with Gasteiger partial charge in [-0.05, 0) is 42.5 Å². The van der Waals surface area contributed by atoms with Gasteiger partial charge in [-0.2, -0.15) is 4.98 Å². The maximum atomic E-state index is 5.38. The van der Waals surface area contributed by atoms with Gasteiger partial charge in [0.25, 0.3) is 5.89 Å². The molecule has 0 aliphatic carbocycles. The van der Waals surface area contributed by atoms with Crippen molar-refractivity contribution in [2.75, 3.05) is 6.54 Å². The molecule has 2 N–H and O–H groups in total. The number of rotatable bonds is 8. The van der Waals surface area contributed by atoms with Crippen LogP contribution in [0.25, 0.3) is 11.5 Å². The molecule has 0 aliphatic rings. The standard InChI is InChI=1S/C20H25N5OS.HI/c1-3-7-18-24-19(26-25-18)16-9-5-8-15(12-16)13-22-20(21-4-2)23-14-17-10-6-11-27-17;/h5-6,8-12H,3-4,7,13-14H2,1-2H3,(H2,21,22,23);1H. The predicted octanol–water partition coefficient (Wildman–Crippen LogP) is 4.62. The third kappa shape index (κ3) is 6.59. The Bertz CT molecular complexity index is 863. The molecule has 6 nitrogen and oxygen atoms in total. The van der Waals surface area contributed by atoms with Crippen LogP contribution in [-0.2, 0) is 19.5 Å². The zero-order valence-corrected chi connectivity index (χ0v) is 19.3. The van der Waals surface area contributed by atoms with E-state index in [0.29, 0.717) is 12.4 Å². The van der Waals surface area contributed by atoms with Crippen molar-refractivity contribution in [1.29, 1.82) is 0 Å². The van der Waals surface area contributed by atoms with Crippen LogP contribution >= 0.6 is 35.3 Å². The molecule has 0 aliphatic heterocycles. The van der Waals surface area contributed by atoms with Crippen molar-refractivity contribution in [3.8, 4) is 11.5 Å². The van der Waals surface area contributed by atoms with E-state index >= 15 is 0 Å². The average Bonchev–Trinajstić information content (AvgIpc) is 3.37. The lowest BCUT2D eigenvalue weighted by molar-refractivity contribution is 0.422. The monoisotopic (exact) mass is 511 g/mol. The molecular weight excluding hydrogens is 485 g/mol. The molecule has 0 saturated heterocycles. The summed E-state index contributed by atoms with van der Waals surface area (Å²) < 4.78 is 5.38. The van der Waals surface area contributed by atoms with Gasteiger partial charge < -0.3 is 15.2 Å². The van der Waals surface area contributed by atoms with Crippen molar-refractivity contribution in [3.63, 3.8) is 0 Å². The van der Waals surface area contributed by atoms with Crippen LogP contribution in [0.15, 0.2) is 51.3 Å². The van der Waals surface area contributed by atoms with Crippen LogP contribution in [0.5, 0.6) is 0 Å². The number of aryl methyl sites for hydroxylation is 1. The lowest BCUT2D eigenvalue weighted by atomic mass is 10.1. The fourth-order valence-corrected chi connectivity index (χ4v) is 3.24. The normalized spacial score (nSPS) is 11.1. The fraction of sp³-hybridized carbons (Fsp3) is 0.350. The number of benzene rings is 1. The van der Waals surface area contributed by atoms with Crippen LogP contribution in [0.4, 0.5) is 0 Å². The van der Waals surface area contributed by atoms with Crippen LogP contribution in [-0.4, -0.2) is 22.6 Å². The van der Waals surface area contributed by atoms with Crippen molar-refractivity contribution >= 4 is 41.3 Å². The van der Waals surface area contributed by atoms with Gasteiger partial charge in [0.1, 0.15) is 0 Å². The number of nitrogens with zero attached hydrogens (tertiary/aromatic N) is 3. The lowest BCUT2D eigenvalue weighted by Gasteiger charge is -2.10. The highest BCUT2D eigenvalue weighted by Crippen LogP contribution is 2.19. The van der Waals surface area contributed by atoms with Crippen molar-refractivity contribution in [2.45, 2.75) is 39.8 Å². The van der Waals surface area contributed by atoms with Gasteiger partial charge in [0.15, 0.2) is 11.8 Å². The van der Waals surface area contributed by atoms with Crippen molar-refractivity contribution in [3.05, 3.63) is 58.0 Å². The van der Waals surface area contributed by atoms with E-state index in [1.54, 1.807) is 11.3 Å². The Kier molecular flexibility index (Phi) is 9.42. The number of aromatic nitrogens is 2. The molecule has 0 spiro atoms. The van der Waals surface area contributed by atoms with Crippen LogP contribution in [0.2, 0.25) is 0 Å². The van der Waals surface area contributed by atoms with Gasteiger partial charge in [-0.15, -0.1) is 35.3 Å². The predicted molar refractivity (Wildman–Crippen MR) is 125 cm³/mol. The van der Waals surface area contributed by atoms with E-state index < -0.39 is 0 Å². The second-order valence-corrected chi connectivity index (χ2v) is 7.13. The summed E-state index contributed by atoms with van der Waals surface area (Å²) in [6.07, 6.45) is 1.83. The highest BCUT2D eigenvalue weighted by molar-refractivity contribution is 14.0. The van der Waals surface area contributed by atoms with E-state index in [4.69, 9.17) is 4.52 Å². The fourth-order valence-electron chi connectivity index (χ4n) is 2.60. The maximum absolute atomic E-state index is 5.38. The molecule has 0 amide bonds. The third-order valence-electron chi connectivity index (χ3n) is 3.89. The Morgan fingerprint density at radius 2 is 2.07 bits per heavy atom. The number of hydrogen-bond donors (Lipinski definition) is 2. The molecule has 0 saturated carbocycles. The second kappa shape index (κ2) is 11.8. The van der Waals surface area contributed by atoms with E-state index in [2.05, 4.69) is 69.3 Å². The third-order valence-corrected chi connectivity index (χ3v) is 4.77. The molecular formula is C20H26IN5OS. The van der Waals surface area contributed by atoms with Crippen molar-refractivity contribution in [1.82, 2.24) is 20.8 Å².